The summed E-state index contributed by atoms with van der Waals surface area (Å²) in [6.07, 6.45) is 1.32. The van der Waals surface area contributed by atoms with Crippen molar-refractivity contribution in [3.05, 3.63) is 59.7 Å². The van der Waals surface area contributed by atoms with Crippen molar-refractivity contribution in [1.82, 2.24) is 10.9 Å². The molecular weight excluding hydrogens is 395 g/mol. The Balaban J connectivity index is 2.04. The lowest BCUT2D eigenvalue weighted by atomic mass is 10.0. The summed E-state index contributed by atoms with van der Waals surface area (Å²) < 4.78 is -0.177. The molecule has 0 unspecified atom stereocenters. The minimum atomic E-state index is -0.177. The van der Waals surface area contributed by atoms with Gasteiger partial charge in [0.2, 0.25) is 6.41 Å². The molecule has 0 heterocycles. The van der Waals surface area contributed by atoms with Crippen molar-refractivity contribution in [2.24, 2.45) is 0 Å². The van der Waals surface area contributed by atoms with Gasteiger partial charge < -0.3 is 0 Å². The molecule has 0 fully saturated rings. The van der Waals surface area contributed by atoms with E-state index in [-0.39, 0.29) is 3.91 Å². The van der Waals surface area contributed by atoms with Gasteiger partial charge in [0, 0.05) is 22.6 Å². The standard InChI is InChI=1S/C15H15IN4O2/c16-15(22)20-18-13-7-5-11(6-8-13)9-12-3-1-2-4-14(12)19-17-10-21/h1-8,10,18-19H,9H2,(H,17,21)(H,20,22). The van der Waals surface area contributed by atoms with Gasteiger partial charge in [-0.1, -0.05) is 30.3 Å². The van der Waals surface area contributed by atoms with Crippen molar-refractivity contribution in [3.8, 4) is 0 Å². The minimum absolute atomic E-state index is 0.177. The fourth-order valence-electron chi connectivity index (χ4n) is 1.95. The van der Waals surface area contributed by atoms with E-state index < -0.39 is 0 Å². The number of benzene rings is 2. The summed E-state index contributed by atoms with van der Waals surface area (Å²) in [6, 6.07) is 15.5. The lowest BCUT2D eigenvalue weighted by Crippen LogP contribution is -2.23. The molecule has 0 aromatic heterocycles. The molecule has 0 saturated carbocycles. The van der Waals surface area contributed by atoms with Crippen LogP contribution in [0.4, 0.5) is 16.2 Å². The Morgan fingerprint density at radius 1 is 1.05 bits per heavy atom. The third-order valence-electron chi connectivity index (χ3n) is 2.94. The van der Waals surface area contributed by atoms with Crippen molar-refractivity contribution in [2.45, 2.75) is 6.42 Å². The largest absolute Gasteiger partial charge is 0.299 e. The topological polar surface area (TPSA) is 82.3 Å². The molecule has 4 N–H and O–H groups in total. The Kier molecular flexibility index (Phi) is 6.01. The van der Waals surface area contributed by atoms with E-state index in [9.17, 15) is 9.59 Å². The van der Waals surface area contributed by atoms with Crippen LogP contribution in [-0.4, -0.2) is 10.3 Å². The molecule has 6 nitrogen and oxygen atoms in total. The summed E-state index contributed by atoms with van der Waals surface area (Å²) in [6.45, 7) is 0. The van der Waals surface area contributed by atoms with Crippen LogP contribution >= 0.6 is 22.6 Å². The van der Waals surface area contributed by atoms with Crippen molar-refractivity contribution in [3.63, 3.8) is 0 Å². The van der Waals surface area contributed by atoms with Gasteiger partial charge in [-0.3, -0.25) is 31.3 Å². The third-order valence-corrected chi connectivity index (χ3v) is 3.21. The van der Waals surface area contributed by atoms with Gasteiger partial charge in [-0.25, -0.2) is 0 Å². The second kappa shape index (κ2) is 8.23. The van der Waals surface area contributed by atoms with Crippen LogP contribution in [0.5, 0.6) is 0 Å². The number of halogens is 1. The molecule has 22 heavy (non-hydrogen) atoms. The number of hydrogen-bond donors (Lipinski definition) is 4. The van der Waals surface area contributed by atoms with Crippen molar-refractivity contribution in [1.29, 1.82) is 0 Å². The monoisotopic (exact) mass is 410 g/mol. The zero-order chi connectivity index (χ0) is 15.8. The van der Waals surface area contributed by atoms with E-state index in [0.29, 0.717) is 6.41 Å². The van der Waals surface area contributed by atoms with Crippen molar-refractivity contribution >= 4 is 44.3 Å². The van der Waals surface area contributed by atoms with Crippen LogP contribution < -0.4 is 21.7 Å². The zero-order valence-corrected chi connectivity index (χ0v) is 13.8. The second-order valence-corrected chi connectivity index (χ2v) is 5.42. The van der Waals surface area contributed by atoms with Crippen molar-refractivity contribution in [2.75, 3.05) is 10.9 Å². The van der Waals surface area contributed by atoms with Crippen LogP contribution in [-0.2, 0) is 11.2 Å². The average Bonchev–Trinajstić information content (AvgIpc) is 2.53. The minimum Gasteiger partial charge on any atom is -0.299 e. The number of hydrogen-bond acceptors (Lipinski definition) is 4. The molecule has 2 aromatic carbocycles. The van der Waals surface area contributed by atoms with E-state index in [1.54, 1.807) is 22.6 Å². The number of carbonyl (C=O) groups excluding carboxylic acids is 2. The van der Waals surface area contributed by atoms with Gasteiger partial charge in [-0.15, -0.1) is 0 Å². The maximum Gasteiger partial charge on any atom is 0.298 e. The number of hydrazine groups is 2. The fraction of sp³-hybridized carbons (Fsp3) is 0.0667. The van der Waals surface area contributed by atoms with Gasteiger partial charge in [0.05, 0.1) is 11.4 Å². The molecule has 0 spiro atoms. The molecule has 2 rings (SSSR count). The first-order valence-corrected chi connectivity index (χ1v) is 7.60. The second-order valence-electron chi connectivity index (χ2n) is 4.44. The summed E-state index contributed by atoms with van der Waals surface area (Å²) in [7, 11) is 0. The van der Waals surface area contributed by atoms with E-state index in [1.165, 1.54) is 0 Å². The number of anilines is 2. The lowest BCUT2D eigenvalue weighted by molar-refractivity contribution is -0.109. The Morgan fingerprint density at radius 2 is 1.77 bits per heavy atom. The van der Waals surface area contributed by atoms with Gasteiger partial charge in [-0.2, -0.15) is 0 Å². The van der Waals surface area contributed by atoms with Gasteiger partial charge in [0.15, 0.2) is 0 Å². The van der Waals surface area contributed by atoms with E-state index in [4.69, 9.17) is 0 Å². The van der Waals surface area contributed by atoms with Crippen LogP contribution in [0, 0.1) is 0 Å². The summed E-state index contributed by atoms with van der Waals surface area (Å²) in [5, 5.41) is 0. The molecule has 7 heteroatoms. The number of amides is 2. The van der Waals surface area contributed by atoms with Crippen molar-refractivity contribution < 1.29 is 9.59 Å². The Bertz CT molecular complexity index is 646. The van der Waals surface area contributed by atoms with Crippen LogP contribution in [0.2, 0.25) is 0 Å². The maximum atomic E-state index is 10.8. The fourth-order valence-corrected chi connectivity index (χ4v) is 2.09. The highest BCUT2D eigenvalue weighted by Crippen LogP contribution is 2.19. The van der Waals surface area contributed by atoms with Crippen LogP contribution in [0.25, 0.3) is 0 Å². The van der Waals surface area contributed by atoms with E-state index in [1.807, 2.05) is 48.5 Å². The molecule has 0 aliphatic heterocycles. The van der Waals surface area contributed by atoms with E-state index in [0.717, 1.165) is 28.9 Å². The molecule has 0 saturated heterocycles. The summed E-state index contributed by atoms with van der Waals surface area (Å²) in [5.41, 5.74) is 14.5. The van der Waals surface area contributed by atoms with Crippen LogP contribution in [0.15, 0.2) is 48.5 Å². The van der Waals surface area contributed by atoms with E-state index >= 15 is 0 Å². The zero-order valence-electron chi connectivity index (χ0n) is 11.6. The molecule has 0 bridgehead atoms. The summed E-state index contributed by atoms with van der Waals surface area (Å²) in [4.78, 5) is 21.2. The van der Waals surface area contributed by atoms with Gasteiger partial charge in [0.1, 0.15) is 0 Å². The highest BCUT2D eigenvalue weighted by Gasteiger charge is 2.03. The van der Waals surface area contributed by atoms with Crippen LogP contribution in [0.1, 0.15) is 11.1 Å². The number of carbonyl (C=O) groups is 2. The molecule has 114 valence electrons. The number of nitrogens with one attached hydrogen (secondary N) is 4. The first-order valence-electron chi connectivity index (χ1n) is 6.52. The third kappa shape index (κ3) is 4.92. The first-order chi connectivity index (χ1) is 10.7. The Hall–Kier alpha value is -2.29. The predicted octanol–water partition coefficient (Wildman–Crippen LogP) is 2.82. The van der Waals surface area contributed by atoms with Gasteiger partial charge in [0.25, 0.3) is 3.91 Å². The average molecular weight is 410 g/mol. The van der Waals surface area contributed by atoms with E-state index in [2.05, 4.69) is 21.7 Å². The smallest absolute Gasteiger partial charge is 0.298 e. The lowest BCUT2D eigenvalue weighted by Gasteiger charge is -2.11. The molecule has 0 aliphatic carbocycles. The predicted molar refractivity (Wildman–Crippen MR) is 94.7 cm³/mol. The number of para-hydroxylation sites is 1. The quantitative estimate of drug-likeness (QED) is 0.186. The van der Waals surface area contributed by atoms with Crippen LogP contribution in [0.3, 0.4) is 0 Å². The molecular formula is C15H15IN4O2. The molecule has 2 aromatic rings. The molecule has 0 aliphatic rings. The normalized spacial score (nSPS) is 9.68. The summed E-state index contributed by atoms with van der Waals surface area (Å²) in [5.74, 6) is 0. The molecule has 2 amide bonds. The maximum absolute atomic E-state index is 10.8. The SMILES string of the molecule is O=CNNc1ccccc1Cc1ccc(NNC(=O)I)cc1. The Labute approximate surface area is 141 Å². The van der Waals surface area contributed by atoms with Gasteiger partial charge >= 0.3 is 0 Å². The first kappa shape index (κ1) is 16.1. The number of rotatable bonds is 7. The summed E-state index contributed by atoms with van der Waals surface area (Å²) >= 11 is 1.66. The Morgan fingerprint density at radius 3 is 2.45 bits per heavy atom. The molecule has 0 radical (unpaired) electrons. The highest BCUT2D eigenvalue weighted by molar-refractivity contribution is 14.1. The highest BCUT2D eigenvalue weighted by atomic mass is 127. The van der Waals surface area contributed by atoms with Gasteiger partial charge in [-0.05, 0) is 35.7 Å². The molecule has 0 atom stereocenters.